The minimum atomic E-state index is -0.943. The van der Waals surface area contributed by atoms with Crippen molar-refractivity contribution in [1.82, 2.24) is 15.1 Å². The standard InChI is InChI=1S/C12H21N3O4/c1-4-14(7-5-9(16)17)11(19)15-8-6-13-10(18)12(15,2)3/h4-8H2,1-3H3,(H,13,18)(H,16,17). The van der Waals surface area contributed by atoms with Crippen LogP contribution in [0.25, 0.3) is 0 Å². The van der Waals surface area contributed by atoms with Gasteiger partial charge in [0.15, 0.2) is 0 Å². The zero-order valence-corrected chi connectivity index (χ0v) is 11.6. The van der Waals surface area contributed by atoms with E-state index in [1.807, 2.05) is 0 Å². The zero-order valence-electron chi connectivity index (χ0n) is 11.6. The summed E-state index contributed by atoms with van der Waals surface area (Å²) in [6.45, 7) is 6.58. The number of amides is 3. The van der Waals surface area contributed by atoms with Crippen LogP contribution in [0.1, 0.15) is 27.2 Å². The molecule has 1 aliphatic heterocycles. The quantitative estimate of drug-likeness (QED) is 0.759. The summed E-state index contributed by atoms with van der Waals surface area (Å²) in [6, 6.07) is -0.288. The number of aliphatic carboxylic acids is 1. The Morgan fingerprint density at radius 2 is 2.11 bits per heavy atom. The van der Waals surface area contributed by atoms with Crippen molar-refractivity contribution in [1.29, 1.82) is 0 Å². The van der Waals surface area contributed by atoms with Gasteiger partial charge in [-0.1, -0.05) is 0 Å². The number of hydrogen-bond donors (Lipinski definition) is 2. The summed E-state index contributed by atoms with van der Waals surface area (Å²) in [5.74, 6) is -1.14. The van der Waals surface area contributed by atoms with Gasteiger partial charge in [-0.2, -0.15) is 0 Å². The van der Waals surface area contributed by atoms with Crippen LogP contribution in [0.3, 0.4) is 0 Å². The molecular weight excluding hydrogens is 250 g/mol. The Kier molecular flexibility index (Phi) is 4.74. The first-order chi connectivity index (χ1) is 8.80. The van der Waals surface area contributed by atoms with E-state index in [4.69, 9.17) is 5.11 Å². The lowest BCUT2D eigenvalue weighted by Crippen LogP contribution is -2.65. The van der Waals surface area contributed by atoms with E-state index in [2.05, 4.69) is 5.32 Å². The van der Waals surface area contributed by atoms with Gasteiger partial charge >= 0.3 is 12.0 Å². The summed E-state index contributed by atoms with van der Waals surface area (Å²) in [6.07, 6.45) is -0.0972. The molecule has 7 nitrogen and oxygen atoms in total. The second-order valence-corrected chi connectivity index (χ2v) is 4.97. The van der Waals surface area contributed by atoms with Crippen molar-refractivity contribution < 1.29 is 19.5 Å². The Morgan fingerprint density at radius 3 is 2.63 bits per heavy atom. The Hall–Kier alpha value is -1.79. The van der Waals surface area contributed by atoms with E-state index in [1.165, 1.54) is 9.80 Å². The van der Waals surface area contributed by atoms with Gasteiger partial charge in [0, 0.05) is 26.2 Å². The molecule has 1 aliphatic rings. The van der Waals surface area contributed by atoms with Crippen molar-refractivity contribution in [2.24, 2.45) is 0 Å². The van der Waals surface area contributed by atoms with Crippen LogP contribution >= 0.6 is 0 Å². The highest BCUT2D eigenvalue weighted by molar-refractivity contribution is 5.91. The molecule has 1 rings (SSSR count). The summed E-state index contributed by atoms with van der Waals surface area (Å²) in [4.78, 5) is 37.7. The van der Waals surface area contributed by atoms with E-state index >= 15 is 0 Å². The number of carbonyl (C=O) groups excluding carboxylic acids is 2. The number of carbonyl (C=O) groups is 3. The fourth-order valence-corrected chi connectivity index (χ4v) is 2.02. The summed E-state index contributed by atoms with van der Waals surface area (Å²) in [5, 5.41) is 11.4. The third kappa shape index (κ3) is 3.36. The molecule has 7 heteroatoms. The second kappa shape index (κ2) is 5.90. The van der Waals surface area contributed by atoms with Crippen molar-refractivity contribution in [3.8, 4) is 0 Å². The predicted octanol–water partition coefficient (Wildman–Crippen LogP) is 0.113. The van der Waals surface area contributed by atoms with Crippen LogP contribution < -0.4 is 5.32 Å². The lowest BCUT2D eigenvalue weighted by atomic mass is 9.99. The van der Waals surface area contributed by atoms with Gasteiger partial charge in [0.05, 0.1) is 6.42 Å². The maximum atomic E-state index is 12.4. The summed E-state index contributed by atoms with van der Waals surface area (Å²) >= 11 is 0. The van der Waals surface area contributed by atoms with Crippen molar-refractivity contribution in [3.05, 3.63) is 0 Å². The van der Waals surface area contributed by atoms with E-state index in [1.54, 1.807) is 20.8 Å². The molecule has 0 atom stereocenters. The highest BCUT2D eigenvalue weighted by atomic mass is 16.4. The second-order valence-electron chi connectivity index (χ2n) is 4.97. The number of carboxylic acids is 1. The highest BCUT2D eigenvalue weighted by Crippen LogP contribution is 2.19. The maximum Gasteiger partial charge on any atom is 0.320 e. The molecule has 19 heavy (non-hydrogen) atoms. The fourth-order valence-electron chi connectivity index (χ4n) is 2.02. The summed E-state index contributed by atoms with van der Waals surface area (Å²) < 4.78 is 0. The predicted molar refractivity (Wildman–Crippen MR) is 68.7 cm³/mol. The van der Waals surface area contributed by atoms with Gasteiger partial charge in [0.2, 0.25) is 5.91 Å². The smallest absolute Gasteiger partial charge is 0.320 e. The number of hydrogen-bond acceptors (Lipinski definition) is 3. The number of piperazine rings is 1. The van der Waals surface area contributed by atoms with Gasteiger partial charge < -0.3 is 20.2 Å². The maximum absolute atomic E-state index is 12.4. The van der Waals surface area contributed by atoms with Crippen LogP contribution in [0.5, 0.6) is 0 Å². The van der Waals surface area contributed by atoms with Crippen LogP contribution in [-0.2, 0) is 9.59 Å². The van der Waals surface area contributed by atoms with Gasteiger partial charge in [-0.15, -0.1) is 0 Å². The largest absolute Gasteiger partial charge is 0.481 e. The molecule has 0 aromatic rings. The van der Waals surface area contributed by atoms with Gasteiger partial charge in [0.25, 0.3) is 0 Å². The van der Waals surface area contributed by atoms with Crippen LogP contribution in [0, 0.1) is 0 Å². The fraction of sp³-hybridized carbons (Fsp3) is 0.750. The van der Waals surface area contributed by atoms with E-state index in [-0.39, 0.29) is 24.9 Å². The lowest BCUT2D eigenvalue weighted by Gasteiger charge is -2.43. The average molecular weight is 271 g/mol. The number of nitrogens with one attached hydrogen (secondary N) is 1. The van der Waals surface area contributed by atoms with Gasteiger partial charge in [0.1, 0.15) is 5.54 Å². The molecule has 0 aromatic heterocycles. The number of carboxylic acid groups (broad SMARTS) is 1. The molecule has 2 N–H and O–H groups in total. The minimum Gasteiger partial charge on any atom is -0.481 e. The average Bonchev–Trinajstić information content (AvgIpc) is 2.32. The zero-order chi connectivity index (χ0) is 14.6. The van der Waals surface area contributed by atoms with E-state index < -0.39 is 11.5 Å². The molecule has 0 saturated carbocycles. The molecular formula is C12H21N3O4. The van der Waals surface area contributed by atoms with E-state index in [9.17, 15) is 14.4 Å². The number of nitrogens with zero attached hydrogens (tertiary/aromatic N) is 2. The minimum absolute atomic E-state index is 0.0972. The Balaban J connectivity index is 2.78. The van der Waals surface area contributed by atoms with Gasteiger partial charge in [-0.05, 0) is 20.8 Å². The lowest BCUT2D eigenvalue weighted by molar-refractivity contribution is -0.137. The molecule has 1 saturated heterocycles. The number of urea groups is 1. The summed E-state index contributed by atoms with van der Waals surface area (Å²) in [7, 11) is 0. The van der Waals surface area contributed by atoms with Crippen molar-refractivity contribution in [2.75, 3.05) is 26.2 Å². The van der Waals surface area contributed by atoms with Crippen LogP contribution in [0.4, 0.5) is 4.79 Å². The third-order valence-electron chi connectivity index (χ3n) is 3.33. The molecule has 1 fully saturated rings. The first kappa shape index (κ1) is 15.3. The molecule has 1 heterocycles. The summed E-state index contributed by atoms with van der Waals surface area (Å²) in [5.41, 5.74) is -0.911. The van der Waals surface area contributed by atoms with Gasteiger partial charge in [-0.25, -0.2) is 4.79 Å². The highest BCUT2D eigenvalue weighted by Gasteiger charge is 2.41. The topological polar surface area (TPSA) is 90.0 Å². The Labute approximate surface area is 112 Å². The first-order valence-electron chi connectivity index (χ1n) is 6.37. The molecule has 108 valence electrons. The van der Waals surface area contributed by atoms with Crippen LogP contribution in [0.15, 0.2) is 0 Å². The molecule has 0 aliphatic carbocycles. The number of rotatable bonds is 4. The van der Waals surface area contributed by atoms with Gasteiger partial charge in [-0.3, -0.25) is 9.59 Å². The SMILES string of the molecule is CCN(CCC(=O)O)C(=O)N1CCNC(=O)C1(C)C. The molecule has 0 bridgehead atoms. The Bertz CT molecular complexity index is 381. The molecule has 0 spiro atoms. The van der Waals surface area contributed by atoms with E-state index in [0.717, 1.165) is 0 Å². The van der Waals surface area contributed by atoms with E-state index in [0.29, 0.717) is 19.6 Å². The first-order valence-corrected chi connectivity index (χ1v) is 6.37. The van der Waals surface area contributed by atoms with Crippen molar-refractivity contribution >= 4 is 17.9 Å². The molecule has 0 unspecified atom stereocenters. The van der Waals surface area contributed by atoms with Crippen molar-refractivity contribution in [2.45, 2.75) is 32.7 Å². The molecule has 0 radical (unpaired) electrons. The molecule has 3 amide bonds. The Morgan fingerprint density at radius 1 is 1.47 bits per heavy atom. The van der Waals surface area contributed by atoms with Crippen LogP contribution in [0.2, 0.25) is 0 Å². The van der Waals surface area contributed by atoms with Crippen LogP contribution in [-0.4, -0.2) is 64.5 Å². The normalized spacial score (nSPS) is 17.8. The van der Waals surface area contributed by atoms with Crippen molar-refractivity contribution in [3.63, 3.8) is 0 Å². The monoisotopic (exact) mass is 271 g/mol. The molecule has 0 aromatic carbocycles. The third-order valence-corrected chi connectivity index (χ3v) is 3.33.